The Kier molecular flexibility index (Phi) is 4.93. The van der Waals surface area contributed by atoms with Gasteiger partial charge in [-0.15, -0.1) is 0 Å². The molecule has 0 saturated heterocycles. The molecule has 0 aliphatic heterocycles. The lowest BCUT2D eigenvalue weighted by Gasteiger charge is -2.13. The Morgan fingerprint density at radius 1 is 1.19 bits per heavy atom. The number of nitrogens with two attached hydrogens (primary N) is 1. The molecule has 0 spiro atoms. The number of hydrogen-bond donors (Lipinski definition) is 2. The van der Waals surface area contributed by atoms with Crippen molar-refractivity contribution in [1.82, 2.24) is 4.98 Å². The number of carbonyl (C=O) groups excluding carboxylic acids is 2. The number of hydrogen-bond acceptors (Lipinski definition) is 7. The molecule has 0 aliphatic carbocycles. The van der Waals surface area contributed by atoms with Gasteiger partial charge in [-0.05, 0) is 49.4 Å². The zero-order chi connectivity index (χ0) is 19.6. The van der Waals surface area contributed by atoms with Gasteiger partial charge in [-0.1, -0.05) is 0 Å². The largest absolute Gasteiger partial charge is 0.449 e. The van der Waals surface area contributed by atoms with Crippen molar-refractivity contribution in [3.8, 4) is 0 Å². The first-order chi connectivity index (χ1) is 12.7. The number of fused-ring (bicyclic) bond motifs is 1. The van der Waals surface area contributed by atoms with Crippen molar-refractivity contribution in [3.63, 3.8) is 0 Å². The van der Waals surface area contributed by atoms with Gasteiger partial charge in [-0.25, -0.2) is 23.3 Å². The van der Waals surface area contributed by atoms with E-state index in [0.717, 1.165) is 0 Å². The third kappa shape index (κ3) is 4.30. The van der Waals surface area contributed by atoms with Gasteiger partial charge in [0.2, 0.25) is 10.0 Å². The van der Waals surface area contributed by atoms with Gasteiger partial charge in [0.1, 0.15) is 5.52 Å². The van der Waals surface area contributed by atoms with E-state index in [1.807, 2.05) is 0 Å². The predicted molar refractivity (Wildman–Crippen MR) is 95.3 cm³/mol. The van der Waals surface area contributed by atoms with Gasteiger partial charge in [-0.2, -0.15) is 0 Å². The smallest absolute Gasteiger partial charge is 0.338 e. The summed E-state index contributed by atoms with van der Waals surface area (Å²) >= 11 is 0. The molecule has 0 aliphatic rings. The number of esters is 1. The summed E-state index contributed by atoms with van der Waals surface area (Å²) in [5, 5.41) is 7.53. The quantitative estimate of drug-likeness (QED) is 0.632. The minimum Gasteiger partial charge on any atom is -0.449 e. The molecule has 1 amide bonds. The van der Waals surface area contributed by atoms with E-state index in [0.29, 0.717) is 16.8 Å². The topological polar surface area (TPSA) is 142 Å². The van der Waals surface area contributed by atoms with Gasteiger partial charge in [0.05, 0.1) is 10.5 Å². The van der Waals surface area contributed by atoms with Crippen molar-refractivity contribution in [3.05, 3.63) is 54.4 Å². The highest BCUT2D eigenvalue weighted by atomic mass is 32.2. The van der Waals surface area contributed by atoms with Crippen LogP contribution < -0.4 is 10.5 Å². The molecule has 0 saturated carbocycles. The maximum absolute atomic E-state index is 12.2. The molecule has 27 heavy (non-hydrogen) atoms. The Morgan fingerprint density at radius 2 is 1.89 bits per heavy atom. The molecule has 1 unspecified atom stereocenters. The Balaban J connectivity index is 1.63. The number of anilines is 1. The van der Waals surface area contributed by atoms with Crippen molar-refractivity contribution in [2.24, 2.45) is 5.14 Å². The summed E-state index contributed by atoms with van der Waals surface area (Å²) in [6, 6.07) is 9.86. The molecular formula is C17H15N3O6S. The van der Waals surface area contributed by atoms with E-state index >= 15 is 0 Å². The average Bonchev–Trinajstić information content (AvgIpc) is 3.09. The number of carbonyl (C=O) groups is 2. The lowest BCUT2D eigenvalue weighted by molar-refractivity contribution is -0.123. The molecule has 3 aromatic rings. The molecule has 0 bridgehead atoms. The second kappa shape index (κ2) is 7.17. The Morgan fingerprint density at radius 3 is 2.56 bits per heavy atom. The summed E-state index contributed by atoms with van der Waals surface area (Å²) < 4.78 is 32.7. The van der Waals surface area contributed by atoms with Gasteiger partial charge >= 0.3 is 5.97 Å². The summed E-state index contributed by atoms with van der Waals surface area (Å²) in [5.74, 6) is -1.26. The molecule has 0 radical (unpaired) electrons. The number of nitrogens with zero attached hydrogens (tertiary/aromatic N) is 1. The normalized spacial score (nSPS) is 12.5. The van der Waals surface area contributed by atoms with Crippen LogP contribution in [0.2, 0.25) is 0 Å². The molecule has 140 valence electrons. The number of oxazole rings is 1. The fraction of sp³-hybridized carbons (Fsp3) is 0.118. The lowest BCUT2D eigenvalue weighted by atomic mass is 10.2. The van der Waals surface area contributed by atoms with Gasteiger partial charge < -0.3 is 14.5 Å². The van der Waals surface area contributed by atoms with E-state index in [-0.39, 0.29) is 10.5 Å². The average molecular weight is 389 g/mol. The zero-order valence-electron chi connectivity index (χ0n) is 14.1. The molecule has 1 aromatic heterocycles. The van der Waals surface area contributed by atoms with Gasteiger partial charge in [0.15, 0.2) is 18.1 Å². The van der Waals surface area contributed by atoms with E-state index in [2.05, 4.69) is 10.3 Å². The van der Waals surface area contributed by atoms with Crippen LogP contribution in [0.3, 0.4) is 0 Å². The number of benzene rings is 2. The van der Waals surface area contributed by atoms with Gasteiger partial charge in [0, 0.05) is 5.69 Å². The third-order valence-electron chi connectivity index (χ3n) is 3.67. The molecular weight excluding hydrogens is 374 g/mol. The fourth-order valence-electron chi connectivity index (χ4n) is 2.24. The van der Waals surface area contributed by atoms with E-state index < -0.39 is 28.0 Å². The fourth-order valence-corrected chi connectivity index (χ4v) is 2.75. The highest BCUT2D eigenvalue weighted by Crippen LogP contribution is 2.16. The molecule has 1 atom stereocenters. The van der Waals surface area contributed by atoms with Gasteiger partial charge in [-0.3, -0.25) is 4.79 Å². The Bertz CT molecular complexity index is 1110. The number of sulfonamides is 1. The van der Waals surface area contributed by atoms with E-state index in [4.69, 9.17) is 14.3 Å². The maximum Gasteiger partial charge on any atom is 0.338 e. The maximum atomic E-state index is 12.2. The highest BCUT2D eigenvalue weighted by Gasteiger charge is 2.20. The van der Waals surface area contributed by atoms with Crippen LogP contribution in [0.4, 0.5) is 5.69 Å². The number of amides is 1. The van der Waals surface area contributed by atoms with Crippen LogP contribution in [-0.2, 0) is 19.6 Å². The van der Waals surface area contributed by atoms with Crippen LogP contribution in [0.5, 0.6) is 0 Å². The second-order valence-electron chi connectivity index (χ2n) is 5.64. The van der Waals surface area contributed by atoms with E-state index in [9.17, 15) is 18.0 Å². The van der Waals surface area contributed by atoms with E-state index in [1.165, 1.54) is 49.7 Å². The summed E-state index contributed by atoms with van der Waals surface area (Å²) in [6.45, 7) is 1.42. The van der Waals surface area contributed by atoms with Crippen molar-refractivity contribution >= 4 is 38.7 Å². The minimum atomic E-state index is -3.82. The van der Waals surface area contributed by atoms with Crippen LogP contribution >= 0.6 is 0 Å². The van der Waals surface area contributed by atoms with Crippen molar-refractivity contribution in [2.75, 3.05) is 5.32 Å². The predicted octanol–water partition coefficient (Wildman–Crippen LogP) is 1.66. The highest BCUT2D eigenvalue weighted by molar-refractivity contribution is 7.89. The monoisotopic (exact) mass is 389 g/mol. The van der Waals surface area contributed by atoms with Crippen LogP contribution in [0, 0.1) is 0 Å². The first-order valence-electron chi connectivity index (χ1n) is 7.72. The minimum absolute atomic E-state index is 0.0803. The molecule has 3 N–H and O–H groups in total. The first kappa shape index (κ1) is 18.5. The van der Waals surface area contributed by atoms with Crippen molar-refractivity contribution < 1.29 is 27.2 Å². The summed E-state index contributed by atoms with van der Waals surface area (Å²) in [6.07, 6.45) is 0.181. The number of rotatable bonds is 5. The zero-order valence-corrected chi connectivity index (χ0v) is 14.9. The molecule has 10 heteroatoms. The van der Waals surface area contributed by atoms with Crippen LogP contribution in [0.25, 0.3) is 11.1 Å². The van der Waals surface area contributed by atoms with Crippen molar-refractivity contribution in [2.45, 2.75) is 17.9 Å². The van der Waals surface area contributed by atoms with E-state index in [1.54, 1.807) is 6.07 Å². The Hall–Kier alpha value is -3.24. The number of primary sulfonamides is 1. The number of nitrogens with one attached hydrogen (secondary N) is 1. The van der Waals surface area contributed by atoms with Crippen LogP contribution in [0.15, 0.2) is 58.2 Å². The molecule has 2 aromatic carbocycles. The van der Waals surface area contributed by atoms with Crippen LogP contribution in [0.1, 0.15) is 17.3 Å². The summed E-state index contributed by atoms with van der Waals surface area (Å²) in [5.41, 5.74) is 1.59. The number of aromatic nitrogens is 1. The number of ether oxygens (including phenoxy) is 1. The molecule has 0 fully saturated rings. The first-order valence-corrected chi connectivity index (χ1v) is 9.26. The third-order valence-corrected chi connectivity index (χ3v) is 4.60. The standard InChI is InChI=1S/C17H15N3O6S/c1-10(16(21)20-12-3-5-13(6-4-12)27(18,23)24)26-17(22)11-2-7-15-14(8-11)19-9-25-15/h2-10H,1H3,(H,20,21)(H2,18,23,24). The summed E-state index contributed by atoms with van der Waals surface area (Å²) in [7, 11) is -3.82. The second-order valence-corrected chi connectivity index (χ2v) is 7.20. The molecule has 3 rings (SSSR count). The Labute approximate surface area is 154 Å². The van der Waals surface area contributed by atoms with Crippen LogP contribution in [-0.4, -0.2) is 31.4 Å². The SMILES string of the molecule is CC(OC(=O)c1ccc2ocnc2c1)C(=O)Nc1ccc(S(N)(=O)=O)cc1. The summed E-state index contributed by atoms with van der Waals surface area (Å²) in [4.78, 5) is 28.2. The lowest BCUT2D eigenvalue weighted by Crippen LogP contribution is -2.30. The molecule has 9 nitrogen and oxygen atoms in total. The van der Waals surface area contributed by atoms with Crippen molar-refractivity contribution in [1.29, 1.82) is 0 Å². The molecule has 1 heterocycles. The van der Waals surface area contributed by atoms with Gasteiger partial charge in [0.25, 0.3) is 5.91 Å².